The van der Waals surface area contributed by atoms with Crippen molar-refractivity contribution in [1.82, 2.24) is 9.78 Å². The number of rotatable bonds is 4. The van der Waals surface area contributed by atoms with Crippen molar-refractivity contribution in [3.8, 4) is 11.4 Å². The Bertz CT molecular complexity index is 795. The van der Waals surface area contributed by atoms with Crippen molar-refractivity contribution in [2.24, 2.45) is 0 Å². The van der Waals surface area contributed by atoms with Gasteiger partial charge >= 0.3 is 0 Å². The predicted molar refractivity (Wildman–Crippen MR) is 88.8 cm³/mol. The fourth-order valence-corrected chi connectivity index (χ4v) is 2.46. The maximum atomic E-state index is 6.15. The third-order valence-electron chi connectivity index (χ3n) is 3.49. The monoisotopic (exact) mass is 312 g/mol. The molecule has 1 aromatic heterocycles. The van der Waals surface area contributed by atoms with Gasteiger partial charge in [0.15, 0.2) is 0 Å². The van der Waals surface area contributed by atoms with Crippen molar-refractivity contribution in [3.05, 3.63) is 76.6 Å². The fourth-order valence-electron chi connectivity index (χ4n) is 2.27. The van der Waals surface area contributed by atoms with Crippen LogP contribution in [0.15, 0.2) is 54.7 Å². The first-order chi connectivity index (χ1) is 10.6. The van der Waals surface area contributed by atoms with E-state index in [0.717, 1.165) is 33.3 Å². The molecule has 0 aliphatic rings. The number of aryl methyl sites for hydroxylation is 2. The van der Waals surface area contributed by atoms with Crippen LogP contribution in [-0.4, -0.2) is 9.78 Å². The van der Waals surface area contributed by atoms with Crippen LogP contribution in [0.3, 0.4) is 0 Å². The molecule has 0 amide bonds. The summed E-state index contributed by atoms with van der Waals surface area (Å²) < 4.78 is 7.75. The topological polar surface area (TPSA) is 27.1 Å². The molecule has 0 aliphatic heterocycles. The first-order valence-electron chi connectivity index (χ1n) is 7.13. The van der Waals surface area contributed by atoms with E-state index in [4.69, 9.17) is 16.3 Å². The number of benzene rings is 2. The molecular weight excluding hydrogens is 296 g/mol. The highest BCUT2D eigenvalue weighted by Gasteiger charge is 2.05. The predicted octanol–water partition coefficient (Wildman–Crippen LogP) is 4.72. The third-order valence-corrected chi connectivity index (χ3v) is 3.86. The van der Waals surface area contributed by atoms with E-state index < -0.39 is 0 Å². The van der Waals surface area contributed by atoms with Crippen molar-refractivity contribution in [3.63, 3.8) is 0 Å². The Morgan fingerprint density at radius 2 is 1.91 bits per heavy atom. The zero-order valence-electron chi connectivity index (χ0n) is 12.6. The summed E-state index contributed by atoms with van der Waals surface area (Å²) in [7, 11) is 0. The van der Waals surface area contributed by atoms with E-state index in [9.17, 15) is 0 Å². The lowest BCUT2D eigenvalue weighted by atomic mass is 10.2. The molecule has 0 bridgehead atoms. The van der Waals surface area contributed by atoms with Gasteiger partial charge in [-0.2, -0.15) is 5.10 Å². The lowest BCUT2D eigenvalue weighted by molar-refractivity contribution is 0.304. The average Bonchev–Trinajstić information content (AvgIpc) is 2.94. The van der Waals surface area contributed by atoms with Crippen LogP contribution in [0.5, 0.6) is 5.75 Å². The molecule has 0 saturated heterocycles. The molecule has 0 N–H and O–H groups in total. The van der Waals surface area contributed by atoms with E-state index in [0.29, 0.717) is 6.61 Å². The van der Waals surface area contributed by atoms with Crippen molar-refractivity contribution in [2.45, 2.75) is 20.5 Å². The van der Waals surface area contributed by atoms with Crippen molar-refractivity contribution < 1.29 is 4.74 Å². The summed E-state index contributed by atoms with van der Waals surface area (Å²) >= 11 is 6.15. The van der Waals surface area contributed by atoms with Gasteiger partial charge in [0.25, 0.3) is 0 Å². The van der Waals surface area contributed by atoms with Gasteiger partial charge in [-0.15, -0.1) is 0 Å². The maximum absolute atomic E-state index is 6.15. The van der Waals surface area contributed by atoms with Gasteiger partial charge in [0.2, 0.25) is 0 Å². The van der Waals surface area contributed by atoms with Crippen LogP contribution in [0, 0.1) is 13.8 Å². The number of aromatic nitrogens is 2. The highest BCUT2D eigenvalue weighted by Crippen LogP contribution is 2.23. The zero-order valence-corrected chi connectivity index (χ0v) is 13.3. The smallest absolute Gasteiger partial charge is 0.122 e. The maximum Gasteiger partial charge on any atom is 0.122 e. The number of nitrogens with zero attached hydrogens (tertiary/aromatic N) is 2. The van der Waals surface area contributed by atoms with Crippen LogP contribution < -0.4 is 4.74 Å². The highest BCUT2D eigenvalue weighted by molar-refractivity contribution is 6.31. The van der Waals surface area contributed by atoms with Crippen molar-refractivity contribution in [1.29, 1.82) is 0 Å². The number of ether oxygens (including phenoxy) is 1. The molecule has 3 rings (SSSR count). The summed E-state index contributed by atoms with van der Waals surface area (Å²) in [6.45, 7) is 4.47. The molecule has 3 aromatic rings. The van der Waals surface area contributed by atoms with E-state index in [1.165, 1.54) is 0 Å². The second-order valence-corrected chi connectivity index (χ2v) is 5.64. The van der Waals surface area contributed by atoms with Gasteiger partial charge in [-0.25, -0.2) is 4.68 Å². The minimum absolute atomic E-state index is 0.459. The summed E-state index contributed by atoms with van der Waals surface area (Å²) in [5, 5.41) is 5.14. The summed E-state index contributed by atoms with van der Waals surface area (Å²) in [6, 6.07) is 15.7. The molecule has 112 valence electrons. The first kappa shape index (κ1) is 14.7. The molecule has 22 heavy (non-hydrogen) atoms. The number of hydrogen-bond acceptors (Lipinski definition) is 2. The molecule has 2 aromatic carbocycles. The Morgan fingerprint density at radius 3 is 2.59 bits per heavy atom. The van der Waals surface area contributed by atoms with Crippen LogP contribution in [-0.2, 0) is 6.61 Å². The molecule has 0 spiro atoms. The quantitative estimate of drug-likeness (QED) is 0.697. The van der Waals surface area contributed by atoms with Crippen LogP contribution in [0.4, 0.5) is 0 Å². The Kier molecular flexibility index (Phi) is 4.16. The second-order valence-electron chi connectivity index (χ2n) is 5.23. The largest absolute Gasteiger partial charge is 0.489 e. The summed E-state index contributed by atoms with van der Waals surface area (Å²) in [4.78, 5) is 0. The van der Waals surface area contributed by atoms with Crippen LogP contribution >= 0.6 is 11.6 Å². The van der Waals surface area contributed by atoms with Crippen LogP contribution in [0.1, 0.15) is 16.8 Å². The average molecular weight is 313 g/mol. The number of hydrogen-bond donors (Lipinski definition) is 0. The standard InChI is InChI=1S/C18H17ClN2O/c1-13-11-16(21-10-9-14(2)20-21)7-8-18(13)22-12-15-5-3-4-6-17(15)19/h3-11H,12H2,1-2H3. The SMILES string of the molecule is Cc1ccn(-c2ccc(OCc3ccccc3Cl)c(C)c2)n1. The normalized spacial score (nSPS) is 10.7. The summed E-state index contributed by atoms with van der Waals surface area (Å²) in [5.41, 5.74) is 4.07. The Morgan fingerprint density at radius 1 is 1.09 bits per heavy atom. The Hall–Kier alpha value is -2.26. The van der Waals surface area contributed by atoms with Gasteiger partial charge in [-0.3, -0.25) is 0 Å². The first-order valence-corrected chi connectivity index (χ1v) is 7.51. The summed E-state index contributed by atoms with van der Waals surface area (Å²) in [6.07, 6.45) is 1.95. The van der Waals surface area contributed by atoms with E-state index in [-0.39, 0.29) is 0 Å². The second kappa shape index (κ2) is 6.24. The lowest BCUT2D eigenvalue weighted by Gasteiger charge is -2.11. The third kappa shape index (κ3) is 3.15. The zero-order chi connectivity index (χ0) is 15.5. The molecule has 3 nitrogen and oxygen atoms in total. The number of halogens is 1. The Balaban J connectivity index is 1.77. The minimum atomic E-state index is 0.459. The molecular formula is C18H17ClN2O. The lowest BCUT2D eigenvalue weighted by Crippen LogP contribution is -2.00. The van der Waals surface area contributed by atoms with Crippen LogP contribution in [0.25, 0.3) is 5.69 Å². The highest BCUT2D eigenvalue weighted by atomic mass is 35.5. The van der Waals surface area contributed by atoms with E-state index in [2.05, 4.69) is 11.2 Å². The van der Waals surface area contributed by atoms with Gasteiger partial charge in [0.1, 0.15) is 12.4 Å². The van der Waals surface area contributed by atoms with E-state index >= 15 is 0 Å². The molecule has 0 aliphatic carbocycles. The molecule has 0 unspecified atom stereocenters. The summed E-state index contributed by atoms with van der Waals surface area (Å²) in [5.74, 6) is 0.854. The molecule has 1 heterocycles. The van der Waals surface area contributed by atoms with Gasteiger partial charge in [0, 0.05) is 16.8 Å². The molecule has 0 saturated carbocycles. The van der Waals surface area contributed by atoms with Crippen molar-refractivity contribution >= 4 is 11.6 Å². The Labute approximate surface area is 135 Å². The molecule has 0 fully saturated rings. The van der Waals surface area contributed by atoms with Crippen molar-refractivity contribution in [2.75, 3.05) is 0 Å². The van der Waals surface area contributed by atoms with Gasteiger partial charge < -0.3 is 4.74 Å². The van der Waals surface area contributed by atoms with Gasteiger partial charge in [0.05, 0.1) is 11.4 Å². The van der Waals surface area contributed by atoms with Gasteiger partial charge in [-0.1, -0.05) is 29.8 Å². The minimum Gasteiger partial charge on any atom is -0.489 e. The molecule has 0 atom stereocenters. The fraction of sp³-hybridized carbons (Fsp3) is 0.167. The van der Waals surface area contributed by atoms with Gasteiger partial charge in [-0.05, 0) is 49.7 Å². The van der Waals surface area contributed by atoms with Crippen LogP contribution in [0.2, 0.25) is 5.02 Å². The molecule has 4 heteroatoms. The van der Waals surface area contributed by atoms with E-state index in [1.807, 2.05) is 67.2 Å². The molecule has 0 radical (unpaired) electrons. The van der Waals surface area contributed by atoms with E-state index in [1.54, 1.807) is 0 Å².